The van der Waals surface area contributed by atoms with Crippen LogP contribution in [0.2, 0.25) is 0 Å². The molecular formula is C18H19FN2O3S. The molecule has 0 aromatic heterocycles. The second kappa shape index (κ2) is 6.84. The number of carbonyl (C=O) groups is 1. The molecule has 7 heteroatoms. The third-order valence-corrected chi connectivity index (χ3v) is 5.15. The molecule has 1 aliphatic rings. The molecule has 1 heterocycles. The summed E-state index contributed by atoms with van der Waals surface area (Å²) in [5.41, 5.74) is 9.31. The van der Waals surface area contributed by atoms with Crippen LogP contribution in [0.1, 0.15) is 17.5 Å². The van der Waals surface area contributed by atoms with Crippen molar-refractivity contribution in [1.82, 2.24) is 0 Å². The molecule has 132 valence electrons. The van der Waals surface area contributed by atoms with Crippen LogP contribution in [0, 0.1) is 5.92 Å². The highest BCUT2D eigenvalue weighted by Gasteiger charge is 2.33. The molecule has 3 rings (SSSR count). The van der Waals surface area contributed by atoms with Crippen molar-refractivity contribution in [3.8, 4) is 0 Å². The topological polar surface area (TPSA) is 80.5 Å². The van der Waals surface area contributed by atoms with Crippen LogP contribution in [0.3, 0.4) is 0 Å². The van der Waals surface area contributed by atoms with Crippen LogP contribution < -0.4 is 10.6 Å². The third-order valence-electron chi connectivity index (χ3n) is 4.28. The van der Waals surface area contributed by atoms with E-state index in [0.717, 1.165) is 23.2 Å². The van der Waals surface area contributed by atoms with Gasteiger partial charge < -0.3 is 10.6 Å². The quantitative estimate of drug-likeness (QED) is 0.655. The predicted octanol–water partition coefficient (Wildman–Crippen LogP) is 2.51. The Labute approximate surface area is 146 Å². The van der Waals surface area contributed by atoms with E-state index in [-0.39, 0.29) is 18.9 Å². The minimum Gasteiger partial charge on any atom is -0.399 e. The van der Waals surface area contributed by atoms with Crippen molar-refractivity contribution >= 4 is 27.5 Å². The number of nitrogens with two attached hydrogens (primary N) is 1. The number of rotatable bonds is 5. The van der Waals surface area contributed by atoms with E-state index in [1.807, 2.05) is 48.5 Å². The Morgan fingerprint density at radius 2 is 1.60 bits per heavy atom. The van der Waals surface area contributed by atoms with Gasteiger partial charge in [0.25, 0.3) is 0 Å². The first-order valence-corrected chi connectivity index (χ1v) is 9.51. The zero-order valence-corrected chi connectivity index (χ0v) is 14.4. The van der Waals surface area contributed by atoms with E-state index in [9.17, 15) is 17.1 Å². The number of nitrogens with zero attached hydrogens (tertiary/aromatic N) is 1. The van der Waals surface area contributed by atoms with E-state index in [1.54, 1.807) is 0 Å². The summed E-state index contributed by atoms with van der Waals surface area (Å²) in [6, 6.07) is 15.2. The Bertz CT molecular complexity index is 864. The Morgan fingerprint density at radius 3 is 2.16 bits per heavy atom. The van der Waals surface area contributed by atoms with Gasteiger partial charge in [-0.05, 0) is 41.8 Å². The molecule has 2 aromatic rings. The fourth-order valence-electron chi connectivity index (χ4n) is 3.09. The number of halogens is 1. The summed E-state index contributed by atoms with van der Waals surface area (Å²) in [5.74, 6) is -1.29. The first-order valence-electron chi connectivity index (χ1n) is 7.96. The van der Waals surface area contributed by atoms with E-state index >= 15 is 0 Å². The van der Waals surface area contributed by atoms with Crippen LogP contribution >= 0.6 is 0 Å². The van der Waals surface area contributed by atoms with Crippen LogP contribution in [0.4, 0.5) is 15.3 Å². The Hall–Kier alpha value is -2.41. The molecule has 25 heavy (non-hydrogen) atoms. The summed E-state index contributed by atoms with van der Waals surface area (Å²) in [4.78, 5) is 13.6. The zero-order chi connectivity index (χ0) is 18.0. The minimum atomic E-state index is -4.57. The summed E-state index contributed by atoms with van der Waals surface area (Å²) >= 11 is 0. The average molecular weight is 362 g/mol. The van der Waals surface area contributed by atoms with Crippen molar-refractivity contribution in [3.63, 3.8) is 0 Å². The molecule has 1 saturated heterocycles. The average Bonchev–Trinajstić information content (AvgIpc) is 2.89. The SMILES string of the molecule is Nc1ccc(Cc2ccc(N3CC(CS(=O)(=O)F)CC3=O)cc2)cc1. The van der Waals surface area contributed by atoms with Crippen LogP contribution in [-0.4, -0.2) is 26.6 Å². The van der Waals surface area contributed by atoms with Crippen LogP contribution in [-0.2, 0) is 21.4 Å². The highest BCUT2D eigenvalue weighted by molar-refractivity contribution is 7.86. The smallest absolute Gasteiger partial charge is 0.302 e. The van der Waals surface area contributed by atoms with Gasteiger partial charge in [0.15, 0.2) is 0 Å². The van der Waals surface area contributed by atoms with Gasteiger partial charge in [0.2, 0.25) is 5.91 Å². The predicted molar refractivity (Wildman–Crippen MR) is 95.5 cm³/mol. The second-order valence-corrected chi connectivity index (χ2v) is 7.78. The van der Waals surface area contributed by atoms with Gasteiger partial charge >= 0.3 is 10.2 Å². The van der Waals surface area contributed by atoms with Crippen molar-refractivity contribution in [3.05, 3.63) is 59.7 Å². The molecule has 1 aliphatic heterocycles. The maximum atomic E-state index is 12.8. The van der Waals surface area contributed by atoms with Gasteiger partial charge in [0.05, 0.1) is 5.75 Å². The summed E-state index contributed by atoms with van der Waals surface area (Å²) in [6.45, 7) is 0.222. The summed E-state index contributed by atoms with van der Waals surface area (Å²) < 4.78 is 34.4. The van der Waals surface area contributed by atoms with Gasteiger partial charge in [0, 0.05) is 30.3 Å². The monoisotopic (exact) mass is 362 g/mol. The van der Waals surface area contributed by atoms with Crippen molar-refractivity contribution in [2.24, 2.45) is 5.92 Å². The van der Waals surface area contributed by atoms with Crippen molar-refractivity contribution in [2.45, 2.75) is 12.8 Å². The van der Waals surface area contributed by atoms with E-state index < -0.39 is 21.9 Å². The highest BCUT2D eigenvalue weighted by atomic mass is 32.3. The first kappa shape index (κ1) is 17.4. The van der Waals surface area contributed by atoms with Gasteiger partial charge in [-0.2, -0.15) is 8.42 Å². The second-order valence-electron chi connectivity index (χ2n) is 6.36. The lowest BCUT2D eigenvalue weighted by molar-refractivity contribution is -0.117. The van der Waals surface area contributed by atoms with Gasteiger partial charge in [-0.25, -0.2) is 0 Å². The number of amides is 1. The van der Waals surface area contributed by atoms with Gasteiger partial charge in [-0.15, -0.1) is 3.89 Å². The Balaban J connectivity index is 1.68. The fraction of sp³-hybridized carbons (Fsp3) is 0.278. The van der Waals surface area contributed by atoms with Crippen LogP contribution in [0.25, 0.3) is 0 Å². The molecule has 0 aliphatic carbocycles. The molecule has 0 spiro atoms. The Kier molecular flexibility index (Phi) is 4.76. The normalized spacial score (nSPS) is 17.9. The fourth-order valence-corrected chi connectivity index (χ4v) is 3.88. The maximum Gasteiger partial charge on any atom is 0.302 e. The maximum absolute atomic E-state index is 12.8. The molecule has 0 bridgehead atoms. The molecule has 0 saturated carbocycles. The number of nitrogen functional groups attached to an aromatic ring is 1. The number of benzene rings is 2. The van der Waals surface area contributed by atoms with E-state index in [2.05, 4.69) is 0 Å². The van der Waals surface area contributed by atoms with Crippen molar-refractivity contribution in [2.75, 3.05) is 22.9 Å². The van der Waals surface area contributed by atoms with Gasteiger partial charge in [-0.1, -0.05) is 24.3 Å². The van der Waals surface area contributed by atoms with Crippen molar-refractivity contribution < 1.29 is 17.1 Å². The largest absolute Gasteiger partial charge is 0.399 e. The van der Waals surface area contributed by atoms with E-state index in [0.29, 0.717) is 5.69 Å². The molecule has 1 fully saturated rings. The van der Waals surface area contributed by atoms with E-state index in [1.165, 1.54) is 4.90 Å². The molecule has 1 unspecified atom stereocenters. The number of hydrogen-bond donors (Lipinski definition) is 1. The summed E-state index contributed by atoms with van der Waals surface area (Å²) in [6.07, 6.45) is 0.799. The standard InChI is InChI=1S/C18H19FN2O3S/c19-25(23,24)12-15-10-18(22)21(11-15)17-7-3-14(4-8-17)9-13-1-5-16(20)6-2-13/h1-8,15H,9-12,20H2. The number of carbonyl (C=O) groups excluding carboxylic acids is 1. The number of anilines is 2. The zero-order valence-electron chi connectivity index (χ0n) is 13.6. The highest BCUT2D eigenvalue weighted by Crippen LogP contribution is 2.27. The summed E-state index contributed by atoms with van der Waals surface area (Å²) in [7, 11) is -4.57. The van der Waals surface area contributed by atoms with Gasteiger partial charge in [-0.3, -0.25) is 4.79 Å². The number of hydrogen-bond acceptors (Lipinski definition) is 4. The summed E-state index contributed by atoms with van der Waals surface area (Å²) in [5, 5.41) is 0. The molecule has 2 aromatic carbocycles. The van der Waals surface area contributed by atoms with Gasteiger partial charge in [0.1, 0.15) is 0 Å². The lowest BCUT2D eigenvalue weighted by atomic mass is 10.0. The first-order chi connectivity index (χ1) is 11.8. The molecule has 2 N–H and O–H groups in total. The molecule has 0 radical (unpaired) electrons. The molecule has 1 atom stereocenters. The van der Waals surface area contributed by atoms with Crippen LogP contribution in [0.5, 0.6) is 0 Å². The Morgan fingerprint density at radius 1 is 1.04 bits per heavy atom. The molecular weight excluding hydrogens is 343 g/mol. The lowest BCUT2D eigenvalue weighted by Crippen LogP contribution is -2.25. The van der Waals surface area contributed by atoms with E-state index in [4.69, 9.17) is 5.73 Å². The lowest BCUT2D eigenvalue weighted by Gasteiger charge is -2.17. The third kappa shape index (κ3) is 4.57. The van der Waals surface area contributed by atoms with Crippen LogP contribution in [0.15, 0.2) is 48.5 Å². The molecule has 5 nitrogen and oxygen atoms in total. The minimum absolute atomic E-state index is 0.0519. The van der Waals surface area contributed by atoms with Crippen molar-refractivity contribution in [1.29, 1.82) is 0 Å². The molecule has 1 amide bonds.